The van der Waals surface area contributed by atoms with E-state index in [1.807, 2.05) is 12.1 Å². The zero-order chi connectivity index (χ0) is 9.56. The van der Waals surface area contributed by atoms with E-state index in [0.717, 1.165) is 5.56 Å². The van der Waals surface area contributed by atoms with Crippen LogP contribution in [0.15, 0.2) is 24.3 Å². The second-order valence-electron chi connectivity index (χ2n) is 2.25. The Morgan fingerprint density at radius 1 is 1.08 bits per heavy atom. The minimum absolute atomic E-state index is 0. The third-order valence-electron chi connectivity index (χ3n) is 1.12. The Morgan fingerprint density at radius 2 is 1.38 bits per heavy atom. The molecule has 3 nitrogen and oxygen atoms in total. The van der Waals surface area contributed by atoms with Crippen molar-refractivity contribution in [3.05, 3.63) is 42.3 Å². The molecule has 0 saturated carbocycles. The monoisotopic (exact) mass is 251 g/mol. The fourth-order valence-corrected chi connectivity index (χ4v) is 0.588. The Balaban J connectivity index is 0. The summed E-state index contributed by atoms with van der Waals surface area (Å²) in [5.74, 6) is 0. The summed E-state index contributed by atoms with van der Waals surface area (Å²) < 4.78 is 0. The van der Waals surface area contributed by atoms with Gasteiger partial charge in [0.2, 0.25) is 0 Å². The summed E-state index contributed by atoms with van der Waals surface area (Å²) in [6, 6.07) is 8.13. The minimum Gasteiger partial charge on any atom is -0.328 e. The van der Waals surface area contributed by atoms with Crippen molar-refractivity contribution in [2.75, 3.05) is 0 Å². The van der Waals surface area contributed by atoms with Crippen molar-refractivity contribution in [1.29, 1.82) is 0 Å². The van der Waals surface area contributed by atoms with Gasteiger partial charge in [-0.25, -0.2) is 0 Å². The number of hydrogen-bond acceptors (Lipinski definition) is 3. The van der Waals surface area contributed by atoms with Gasteiger partial charge in [-0.2, -0.15) is 24.6 Å². The second kappa shape index (κ2) is 8.61. The Bertz CT molecular complexity index is 189. The molecule has 0 aromatic heterocycles. The molecule has 0 fully saturated rings. The van der Waals surface area contributed by atoms with Crippen molar-refractivity contribution < 1.29 is 34.2 Å². The van der Waals surface area contributed by atoms with Crippen molar-refractivity contribution in [3.63, 3.8) is 0 Å². The molecule has 0 radical (unpaired) electrons. The summed E-state index contributed by atoms with van der Waals surface area (Å²) >= 11 is 0. The van der Waals surface area contributed by atoms with E-state index in [-0.39, 0.29) is 19.5 Å². The molecule has 1 aromatic rings. The van der Waals surface area contributed by atoms with Gasteiger partial charge >= 0.3 is 8.60 Å². The standard InChI is InChI=1S/C8H9.H3O3P.Zn/c1-7-3-5-8(2)6-4-7;1-4(2)3;/h3-6H,1H2,2H3;1-3H;/q-1;;. The molecular weight excluding hydrogens is 240 g/mol. The fourth-order valence-electron chi connectivity index (χ4n) is 0.588. The van der Waals surface area contributed by atoms with Crippen LogP contribution in [0.1, 0.15) is 11.1 Å². The molecule has 0 saturated heterocycles. The van der Waals surface area contributed by atoms with Crippen LogP contribution in [0.25, 0.3) is 0 Å². The molecule has 1 aromatic carbocycles. The first kappa shape index (κ1) is 15.5. The summed E-state index contributed by atoms with van der Waals surface area (Å²) in [4.78, 5) is 21.7. The number of aryl methyl sites for hydroxylation is 1. The van der Waals surface area contributed by atoms with Gasteiger partial charge in [-0.05, 0) is 6.92 Å². The maximum Gasteiger partial charge on any atom is 0.324 e. The van der Waals surface area contributed by atoms with Gasteiger partial charge in [-0.3, -0.25) is 0 Å². The molecule has 0 aliphatic heterocycles. The van der Waals surface area contributed by atoms with Crippen LogP contribution in [-0.4, -0.2) is 14.7 Å². The molecule has 5 heteroatoms. The van der Waals surface area contributed by atoms with E-state index < -0.39 is 8.60 Å². The summed E-state index contributed by atoms with van der Waals surface area (Å²) in [7, 11) is -2.62. The van der Waals surface area contributed by atoms with E-state index in [1.54, 1.807) is 0 Å². The van der Waals surface area contributed by atoms with Gasteiger partial charge < -0.3 is 14.7 Å². The zero-order valence-corrected chi connectivity index (χ0v) is 11.4. The van der Waals surface area contributed by atoms with Crippen molar-refractivity contribution in [1.82, 2.24) is 0 Å². The normalized spacial score (nSPS) is 8.38. The Labute approximate surface area is 92.2 Å². The number of rotatable bonds is 0. The van der Waals surface area contributed by atoms with E-state index in [2.05, 4.69) is 26.0 Å². The molecular formula is C8H12O3PZn-. The van der Waals surface area contributed by atoms with Gasteiger partial charge in [0, 0.05) is 19.5 Å². The van der Waals surface area contributed by atoms with Crippen LogP contribution < -0.4 is 0 Å². The summed E-state index contributed by atoms with van der Waals surface area (Å²) in [5.41, 5.74) is 2.37. The Hall–Kier alpha value is 0.0234. The molecule has 0 unspecified atom stereocenters. The molecule has 3 N–H and O–H groups in total. The van der Waals surface area contributed by atoms with Crippen molar-refractivity contribution in [2.45, 2.75) is 6.92 Å². The SMILES string of the molecule is OP(O)O.[CH2-]c1ccc(C)cc1.[Zn]. The van der Waals surface area contributed by atoms with Gasteiger partial charge in [-0.1, -0.05) is 5.56 Å². The first-order valence-electron chi connectivity index (χ1n) is 3.27. The van der Waals surface area contributed by atoms with Crippen LogP contribution in [0.2, 0.25) is 0 Å². The molecule has 0 heterocycles. The molecule has 0 spiro atoms. The molecule has 1 rings (SSSR count). The summed E-state index contributed by atoms with van der Waals surface area (Å²) in [6.07, 6.45) is 0. The molecule has 0 aliphatic rings. The van der Waals surface area contributed by atoms with Gasteiger partial charge in [0.05, 0.1) is 0 Å². The van der Waals surface area contributed by atoms with Gasteiger partial charge in [0.1, 0.15) is 0 Å². The summed E-state index contributed by atoms with van der Waals surface area (Å²) in [6.45, 7) is 5.83. The maximum absolute atomic E-state index is 7.23. The van der Waals surface area contributed by atoms with Crippen LogP contribution in [0, 0.1) is 13.8 Å². The third-order valence-corrected chi connectivity index (χ3v) is 1.12. The van der Waals surface area contributed by atoms with E-state index in [4.69, 9.17) is 14.7 Å². The van der Waals surface area contributed by atoms with Crippen molar-refractivity contribution in [3.8, 4) is 0 Å². The van der Waals surface area contributed by atoms with Gasteiger partial charge in [0.25, 0.3) is 0 Å². The average molecular weight is 253 g/mol. The maximum atomic E-state index is 7.23. The van der Waals surface area contributed by atoms with E-state index in [0.29, 0.717) is 0 Å². The van der Waals surface area contributed by atoms with E-state index >= 15 is 0 Å². The Morgan fingerprint density at radius 3 is 1.62 bits per heavy atom. The molecule has 0 aliphatic carbocycles. The molecule has 0 atom stereocenters. The smallest absolute Gasteiger partial charge is 0.324 e. The third kappa shape index (κ3) is 12.0. The molecule has 0 bridgehead atoms. The Kier molecular flexibility index (Phi) is 10.3. The van der Waals surface area contributed by atoms with E-state index in [1.165, 1.54) is 5.56 Å². The summed E-state index contributed by atoms with van der Waals surface area (Å²) in [5, 5.41) is 0. The van der Waals surface area contributed by atoms with Crippen LogP contribution in [-0.2, 0) is 19.5 Å². The number of hydrogen-bond donors (Lipinski definition) is 3. The first-order valence-corrected chi connectivity index (χ1v) is 4.47. The molecule has 13 heavy (non-hydrogen) atoms. The quantitative estimate of drug-likeness (QED) is 0.371. The number of benzene rings is 1. The van der Waals surface area contributed by atoms with Gasteiger partial charge in [0.15, 0.2) is 0 Å². The van der Waals surface area contributed by atoms with Crippen LogP contribution in [0.5, 0.6) is 0 Å². The van der Waals surface area contributed by atoms with E-state index in [9.17, 15) is 0 Å². The van der Waals surface area contributed by atoms with Crippen molar-refractivity contribution >= 4 is 8.60 Å². The zero-order valence-electron chi connectivity index (χ0n) is 7.51. The van der Waals surface area contributed by atoms with Crippen molar-refractivity contribution in [2.24, 2.45) is 0 Å². The second-order valence-corrected chi connectivity index (χ2v) is 2.79. The predicted molar refractivity (Wildman–Crippen MR) is 49.2 cm³/mol. The van der Waals surface area contributed by atoms with Crippen LogP contribution >= 0.6 is 8.60 Å². The molecule has 0 amide bonds. The minimum atomic E-state index is -2.62. The average Bonchev–Trinajstić information content (AvgIpc) is 1.94. The predicted octanol–water partition coefficient (Wildman–Crippen LogP) is 1.36. The first-order chi connectivity index (χ1) is 5.52. The fraction of sp³-hybridized carbons (Fsp3) is 0.125. The van der Waals surface area contributed by atoms with Crippen LogP contribution in [0.3, 0.4) is 0 Å². The molecule has 70 valence electrons. The largest absolute Gasteiger partial charge is 0.328 e. The van der Waals surface area contributed by atoms with Gasteiger partial charge in [-0.15, -0.1) is 12.1 Å². The topological polar surface area (TPSA) is 60.7 Å². The van der Waals surface area contributed by atoms with Crippen LogP contribution in [0.4, 0.5) is 0 Å².